The highest BCUT2D eigenvalue weighted by Crippen LogP contribution is 2.34. The SMILES string of the molecule is CC1(C)CN(C(=O)[C@@H]2CC[C@H](C(=O)O)C2)CC(COc2ccccc2)O1. The summed E-state index contributed by atoms with van der Waals surface area (Å²) in [7, 11) is 0. The number of nitrogens with zero attached hydrogens (tertiary/aromatic N) is 1. The molecule has 26 heavy (non-hydrogen) atoms. The molecular formula is C20H27NO5. The zero-order valence-corrected chi connectivity index (χ0v) is 15.4. The van der Waals surface area contributed by atoms with Gasteiger partial charge in [0.25, 0.3) is 0 Å². The van der Waals surface area contributed by atoms with Crippen molar-refractivity contribution in [2.45, 2.75) is 44.8 Å². The van der Waals surface area contributed by atoms with E-state index in [1.807, 2.05) is 49.1 Å². The van der Waals surface area contributed by atoms with Gasteiger partial charge in [0.15, 0.2) is 0 Å². The number of amides is 1. The number of para-hydroxylation sites is 1. The van der Waals surface area contributed by atoms with Crippen molar-refractivity contribution in [3.63, 3.8) is 0 Å². The Morgan fingerprint density at radius 3 is 2.58 bits per heavy atom. The molecule has 1 amide bonds. The molecule has 1 aromatic carbocycles. The van der Waals surface area contributed by atoms with E-state index in [2.05, 4.69) is 0 Å². The summed E-state index contributed by atoms with van der Waals surface area (Å²) >= 11 is 0. The number of carboxylic acid groups (broad SMARTS) is 1. The van der Waals surface area contributed by atoms with Crippen molar-refractivity contribution >= 4 is 11.9 Å². The molecule has 0 spiro atoms. The molecule has 2 fully saturated rings. The van der Waals surface area contributed by atoms with Gasteiger partial charge in [0, 0.05) is 12.5 Å². The minimum absolute atomic E-state index is 0.0508. The molecule has 0 radical (unpaired) electrons. The summed E-state index contributed by atoms with van der Waals surface area (Å²) in [4.78, 5) is 25.9. The van der Waals surface area contributed by atoms with Gasteiger partial charge in [0.2, 0.25) is 5.91 Å². The third-order valence-corrected chi connectivity index (χ3v) is 5.10. The van der Waals surface area contributed by atoms with Crippen LogP contribution in [0.1, 0.15) is 33.1 Å². The number of aliphatic carboxylic acids is 1. The van der Waals surface area contributed by atoms with Crippen LogP contribution in [0.15, 0.2) is 30.3 Å². The summed E-state index contributed by atoms with van der Waals surface area (Å²) in [5, 5.41) is 9.17. The van der Waals surface area contributed by atoms with Crippen molar-refractivity contribution in [1.29, 1.82) is 0 Å². The molecule has 1 saturated carbocycles. The number of carboxylic acids is 1. The van der Waals surface area contributed by atoms with Crippen molar-refractivity contribution in [3.8, 4) is 5.75 Å². The van der Waals surface area contributed by atoms with Gasteiger partial charge < -0.3 is 19.5 Å². The molecule has 1 aliphatic heterocycles. The van der Waals surface area contributed by atoms with E-state index >= 15 is 0 Å². The predicted molar refractivity (Wildman–Crippen MR) is 95.9 cm³/mol. The van der Waals surface area contributed by atoms with Crippen molar-refractivity contribution in [2.24, 2.45) is 11.8 Å². The number of benzene rings is 1. The van der Waals surface area contributed by atoms with Crippen LogP contribution in [0, 0.1) is 11.8 Å². The highest BCUT2D eigenvalue weighted by atomic mass is 16.5. The van der Waals surface area contributed by atoms with Crippen LogP contribution in [-0.2, 0) is 14.3 Å². The van der Waals surface area contributed by atoms with Crippen LogP contribution in [0.4, 0.5) is 0 Å². The van der Waals surface area contributed by atoms with Gasteiger partial charge in [-0.3, -0.25) is 9.59 Å². The Balaban J connectivity index is 1.60. The summed E-state index contributed by atoms with van der Waals surface area (Å²) in [5.41, 5.74) is -0.455. The minimum Gasteiger partial charge on any atom is -0.491 e. The van der Waals surface area contributed by atoms with E-state index in [1.165, 1.54) is 0 Å². The van der Waals surface area contributed by atoms with E-state index < -0.39 is 17.5 Å². The summed E-state index contributed by atoms with van der Waals surface area (Å²) in [6, 6.07) is 9.54. The van der Waals surface area contributed by atoms with Gasteiger partial charge in [-0.25, -0.2) is 0 Å². The van der Waals surface area contributed by atoms with Crippen LogP contribution < -0.4 is 4.74 Å². The molecule has 1 N–H and O–H groups in total. The fourth-order valence-electron chi connectivity index (χ4n) is 3.94. The van der Waals surface area contributed by atoms with Crippen molar-refractivity contribution in [3.05, 3.63) is 30.3 Å². The lowest BCUT2D eigenvalue weighted by Crippen LogP contribution is -2.57. The van der Waals surface area contributed by atoms with Crippen LogP contribution in [0.5, 0.6) is 5.75 Å². The summed E-state index contributed by atoms with van der Waals surface area (Å²) in [6.07, 6.45) is 1.47. The molecule has 2 aliphatic rings. The lowest BCUT2D eigenvalue weighted by atomic mass is 10.00. The number of carbonyl (C=O) groups is 2. The minimum atomic E-state index is -0.795. The van der Waals surface area contributed by atoms with Crippen LogP contribution in [-0.4, -0.2) is 53.3 Å². The van der Waals surface area contributed by atoms with Gasteiger partial charge in [-0.1, -0.05) is 18.2 Å². The first-order valence-electron chi connectivity index (χ1n) is 9.21. The Bertz CT molecular complexity index is 645. The molecule has 1 heterocycles. The predicted octanol–water partition coefficient (Wildman–Crippen LogP) is 2.57. The van der Waals surface area contributed by atoms with Gasteiger partial charge in [-0.2, -0.15) is 0 Å². The maximum Gasteiger partial charge on any atom is 0.306 e. The van der Waals surface area contributed by atoms with Gasteiger partial charge >= 0.3 is 5.97 Å². The first kappa shape index (κ1) is 18.7. The van der Waals surface area contributed by atoms with E-state index in [-0.39, 0.29) is 17.9 Å². The molecule has 0 aromatic heterocycles. The molecule has 3 rings (SSSR count). The maximum absolute atomic E-state index is 12.9. The Kier molecular flexibility index (Phi) is 5.51. The molecule has 1 aromatic rings. The van der Waals surface area contributed by atoms with Gasteiger partial charge in [-0.05, 0) is 45.2 Å². The highest BCUT2D eigenvalue weighted by molar-refractivity contribution is 5.81. The van der Waals surface area contributed by atoms with Crippen LogP contribution >= 0.6 is 0 Å². The van der Waals surface area contributed by atoms with E-state index in [0.717, 1.165) is 5.75 Å². The second-order valence-electron chi connectivity index (χ2n) is 7.89. The topological polar surface area (TPSA) is 76.1 Å². The normalized spacial score (nSPS) is 27.9. The average molecular weight is 361 g/mol. The lowest BCUT2D eigenvalue weighted by molar-refractivity contribution is -0.168. The molecule has 1 aliphatic carbocycles. The van der Waals surface area contributed by atoms with E-state index in [1.54, 1.807) is 0 Å². The van der Waals surface area contributed by atoms with Gasteiger partial charge in [0.05, 0.1) is 18.1 Å². The molecule has 1 saturated heterocycles. The van der Waals surface area contributed by atoms with E-state index in [0.29, 0.717) is 39.0 Å². The zero-order chi connectivity index (χ0) is 18.7. The second kappa shape index (κ2) is 7.66. The third kappa shape index (κ3) is 4.55. The van der Waals surface area contributed by atoms with Crippen LogP contribution in [0.3, 0.4) is 0 Å². The quantitative estimate of drug-likeness (QED) is 0.872. The largest absolute Gasteiger partial charge is 0.491 e. The maximum atomic E-state index is 12.9. The molecule has 6 heteroatoms. The fourth-order valence-corrected chi connectivity index (χ4v) is 3.94. The van der Waals surface area contributed by atoms with Crippen molar-refractivity contribution in [2.75, 3.05) is 19.7 Å². The third-order valence-electron chi connectivity index (χ3n) is 5.10. The number of carbonyl (C=O) groups excluding carboxylic acids is 1. The Morgan fingerprint density at radius 1 is 1.23 bits per heavy atom. The smallest absolute Gasteiger partial charge is 0.306 e. The lowest BCUT2D eigenvalue weighted by Gasteiger charge is -2.43. The molecule has 6 nitrogen and oxygen atoms in total. The second-order valence-corrected chi connectivity index (χ2v) is 7.89. The average Bonchev–Trinajstić information content (AvgIpc) is 3.09. The van der Waals surface area contributed by atoms with Crippen molar-refractivity contribution in [1.82, 2.24) is 4.90 Å². The molecular weight excluding hydrogens is 334 g/mol. The Morgan fingerprint density at radius 2 is 1.92 bits per heavy atom. The number of ether oxygens (including phenoxy) is 2. The number of morpholine rings is 1. The molecule has 142 valence electrons. The summed E-state index contributed by atoms with van der Waals surface area (Å²) in [6.45, 7) is 5.30. The molecule has 0 bridgehead atoms. The fraction of sp³-hybridized carbons (Fsp3) is 0.600. The standard InChI is InChI=1S/C20H27NO5/c1-20(2)13-21(18(22)14-8-9-15(10-14)19(23)24)11-17(26-20)12-25-16-6-4-3-5-7-16/h3-7,14-15,17H,8-13H2,1-2H3,(H,23,24)/t14-,15+,17?/m1/s1. The Labute approximate surface area is 154 Å². The molecule has 3 atom stereocenters. The van der Waals surface area contributed by atoms with E-state index in [4.69, 9.17) is 14.6 Å². The first-order valence-corrected chi connectivity index (χ1v) is 9.21. The van der Waals surface area contributed by atoms with Gasteiger partial charge in [0.1, 0.15) is 18.5 Å². The summed E-state index contributed by atoms with van der Waals surface area (Å²) < 4.78 is 11.9. The monoisotopic (exact) mass is 361 g/mol. The molecule has 1 unspecified atom stereocenters. The number of hydrogen-bond acceptors (Lipinski definition) is 4. The van der Waals surface area contributed by atoms with Crippen LogP contribution in [0.25, 0.3) is 0 Å². The first-order chi connectivity index (χ1) is 12.3. The highest BCUT2D eigenvalue weighted by Gasteiger charge is 2.41. The summed E-state index contributed by atoms with van der Waals surface area (Å²) in [5.74, 6) is -0.556. The number of rotatable bonds is 5. The van der Waals surface area contributed by atoms with Crippen molar-refractivity contribution < 1.29 is 24.2 Å². The van der Waals surface area contributed by atoms with Gasteiger partial charge in [-0.15, -0.1) is 0 Å². The Hall–Kier alpha value is -2.08. The number of hydrogen-bond donors (Lipinski definition) is 1. The zero-order valence-electron chi connectivity index (χ0n) is 15.4. The van der Waals surface area contributed by atoms with Crippen LogP contribution in [0.2, 0.25) is 0 Å². The van der Waals surface area contributed by atoms with E-state index in [9.17, 15) is 9.59 Å².